The van der Waals surface area contributed by atoms with Crippen molar-refractivity contribution >= 4 is 45.6 Å². The summed E-state index contributed by atoms with van der Waals surface area (Å²) < 4.78 is 5.18. The number of methoxy groups -OCH3 is 1. The van der Waals surface area contributed by atoms with E-state index < -0.39 is 0 Å². The number of halogens is 1. The number of hydrogen-bond donors (Lipinski definition) is 2. The second kappa shape index (κ2) is 7.99. The molecule has 0 radical (unpaired) electrons. The molecule has 2 aromatic carbocycles. The average molecular weight is 388 g/mol. The molecule has 6 nitrogen and oxygen atoms in total. The molecule has 0 aliphatic heterocycles. The topological polar surface area (TPSA) is 80.3 Å². The van der Waals surface area contributed by atoms with Crippen LogP contribution in [-0.4, -0.2) is 23.9 Å². The van der Waals surface area contributed by atoms with Crippen molar-refractivity contribution in [2.45, 2.75) is 0 Å². The van der Waals surface area contributed by atoms with E-state index in [1.165, 1.54) is 18.4 Å². The predicted molar refractivity (Wildman–Crippen MR) is 102 cm³/mol. The van der Waals surface area contributed by atoms with Crippen molar-refractivity contribution in [3.05, 3.63) is 70.2 Å². The third-order valence-corrected chi connectivity index (χ3v) is 4.39. The number of benzene rings is 2. The highest BCUT2D eigenvalue weighted by atomic mass is 35.5. The van der Waals surface area contributed by atoms with E-state index in [0.29, 0.717) is 32.7 Å². The fourth-order valence-electron chi connectivity index (χ4n) is 2.21. The molecule has 2 N–H and O–H groups in total. The number of nitrogens with one attached hydrogen (secondary N) is 2. The molecular formula is C18H14ClN3O3S. The highest BCUT2D eigenvalue weighted by molar-refractivity contribution is 7.13. The van der Waals surface area contributed by atoms with Crippen LogP contribution in [0.25, 0.3) is 0 Å². The van der Waals surface area contributed by atoms with Crippen molar-refractivity contribution in [1.29, 1.82) is 0 Å². The van der Waals surface area contributed by atoms with Gasteiger partial charge in [0.05, 0.1) is 12.7 Å². The zero-order valence-corrected chi connectivity index (χ0v) is 15.2. The Morgan fingerprint density at radius 2 is 1.85 bits per heavy atom. The van der Waals surface area contributed by atoms with Gasteiger partial charge in [0.2, 0.25) is 0 Å². The maximum atomic E-state index is 12.4. The number of aromatic nitrogens is 1. The molecule has 8 heteroatoms. The van der Waals surface area contributed by atoms with E-state index in [9.17, 15) is 9.59 Å². The van der Waals surface area contributed by atoms with E-state index in [0.717, 1.165) is 0 Å². The minimum Gasteiger partial charge on any atom is -0.496 e. The van der Waals surface area contributed by atoms with Gasteiger partial charge in [-0.25, -0.2) is 4.98 Å². The van der Waals surface area contributed by atoms with Crippen molar-refractivity contribution in [2.75, 3.05) is 17.7 Å². The van der Waals surface area contributed by atoms with Crippen molar-refractivity contribution in [2.24, 2.45) is 0 Å². The maximum absolute atomic E-state index is 12.4. The third-order valence-electron chi connectivity index (χ3n) is 3.47. The van der Waals surface area contributed by atoms with E-state index >= 15 is 0 Å². The lowest BCUT2D eigenvalue weighted by Crippen LogP contribution is -2.14. The summed E-state index contributed by atoms with van der Waals surface area (Å²) in [5, 5.41) is 8.24. The number of carbonyl (C=O) groups is 2. The summed E-state index contributed by atoms with van der Waals surface area (Å²) in [6.07, 6.45) is 1.62. The van der Waals surface area contributed by atoms with Gasteiger partial charge in [-0.15, -0.1) is 11.3 Å². The number of rotatable bonds is 5. The molecule has 1 heterocycles. The SMILES string of the molecule is COc1cc(Cl)ccc1C(=O)Nc1ccc(C(=O)Nc2nccs2)cc1. The molecule has 0 aliphatic rings. The monoisotopic (exact) mass is 387 g/mol. The molecule has 1 aromatic heterocycles. The van der Waals surface area contributed by atoms with E-state index in [2.05, 4.69) is 15.6 Å². The highest BCUT2D eigenvalue weighted by Crippen LogP contribution is 2.24. The van der Waals surface area contributed by atoms with Crippen LogP contribution in [0.4, 0.5) is 10.8 Å². The molecule has 3 rings (SSSR count). The minimum absolute atomic E-state index is 0.266. The Balaban J connectivity index is 1.69. The third kappa shape index (κ3) is 4.19. The van der Waals surface area contributed by atoms with Crippen molar-refractivity contribution in [1.82, 2.24) is 4.98 Å². The number of anilines is 2. The molecule has 0 aliphatic carbocycles. The predicted octanol–water partition coefficient (Wildman–Crippen LogP) is 4.31. The summed E-state index contributed by atoms with van der Waals surface area (Å²) in [6.45, 7) is 0. The van der Waals surface area contributed by atoms with Crippen LogP contribution in [0, 0.1) is 0 Å². The Kier molecular flexibility index (Phi) is 5.50. The lowest BCUT2D eigenvalue weighted by Gasteiger charge is -2.10. The second-order valence-corrected chi connectivity index (χ2v) is 6.50. The van der Waals surface area contributed by atoms with Crippen LogP contribution >= 0.6 is 22.9 Å². The van der Waals surface area contributed by atoms with Gasteiger partial charge < -0.3 is 10.1 Å². The van der Waals surface area contributed by atoms with Crippen LogP contribution in [0.1, 0.15) is 20.7 Å². The molecule has 0 saturated heterocycles. The number of thiazole rings is 1. The van der Waals surface area contributed by atoms with Gasteiger partial charge in [-0.05, 0) is 42.5 Å². The molecule has 0 saturated carbocycles. The molecule has 2 amide bonds. The normalized spacial score (nSPS) is 10.2. The first-order valence-corrected chi connectivity index (χ1v) is 8.78. The van der Waals surface area contributed by atoms with Crippen LogP contribution < -0.4 is 15.4 Å². The summed E-state index contributed by atoms with van der Waals surface area (Å²) in [5.41, 5.74) is 1.38. The van der Waals surface area contributed by atoms with Gasteiger partial charge in [-0.2, -0.15) is 0 Å². The molecule has 0 fully saturated rings. The van der Waals surface area contributed by atoms with Gasteiger partial charge in [-0.3, -0.25) is 14.9 Å². The molecule has 3 aromatic rings. The minimum atomic E-state index is -0.335. The van der Waals surface area contributed by atoms with Gasteiger partial charge in [-0.1, -0.05) is 11.6 Å². The van der Waals surface area contributed by atoms with E-state index in [-0.39, 0.29) is 11.8 Å². The van der Waals surface area contributed by atoms with E-state index in [1.54, 1.807) is 54.0 Å². The molecular weight excluding hydrogens is 374 g/mol. The fourth-order valence-corrected chi connectivity index (χ4v) is 2.90. The summed E-state index contributed by atoms with van der Waals surface area (Å²) >= 11 is 7.24. The Hall–Kier alpha value is -2.90. The Morgan fingerprint density at radius 1 is 1.08 bits per heavy atom. The molecule has 0 atom stereocenters. The van der Waals surface area contributed by atoms with Crippen molar-refractivity contribution in [3.8, 4) is 5.75 Å². The first kappa shape index (κ1) is 17.9. The first-order chi connectivity index (χ1) is 12.6. The number of carbonyl (C=O) groups excluding carboxylic acids is 2. The molecule has 26 heavy (non-hydrogen) atoms. The quantitative estimate of drug-likeness (QED) is 0.683. The summed E-state index contributed by atoms with van der Waals surface area (Å²) in [5.74, 6) is -0.217. The summed E-state index contributed by atoms with van der Waals surface area (Å²) in [7, 11) is 1.47. The van der Waals surface area contributed by atoms with Crippen molar-refractivity contribution in [3.63, 3.8) is 0 Å². The molecule has 0 bridgehead atoms. The molecule has 0 spiro atoms. The van der Waals surface area contributed by atoms with Crippen LogP contribution in [-0.2, 0) is 0 Å². The Bertz CT molecular complexity index is 927. The smallest absolute Gasteiger partial charge is 0.259 e. The first-order valence-electron chi connectivity index (χ1n) is 7.52. The Morgan fingerprint density at radius 3 is 2.50 bits per heavy atom. The number of hydrogen-bond acceptors (Lipinski definition) is 5. The largest absolute Gasteiger partial charge is 0.496 e. The van der Waals surface area contributed by atoms with Gasteiger partial charge in [0.1, 0.15) is 5.75 Å². The lowest BCUT2D eigenvalue weighted by molar-refractivity contribution is 0.101. The molecule has 0 unspecified atom stereocenters. The van der Waals surface area contributed by atoms with E-state index in [1.807, 2.05) is 0 Å². The Labute approximate surface area is 158 Å². The summed E-state index contributed by atoms with van der Waals surface area (Å²) in [6, 6.07) is 11.3. The highest BCUT2D eigenvalue weighted by Gasteiger charge is 2.13. The van der Waals surface area contributed by atoms with Crippen LogP contribution in [0.3, 0.4) is 0 Å². The van der Waals surface area contributed by atoms with E-state index in [4.69, 9.17) is 16.3 Å². The second-order valence-electron chi connectivity index (χ2n) is 5.17. The van der Waals surface area contributed by atoms with Crippen LogP contribution in [0.2, 0.25) is 5.02 Å². The standard InChI is InChI=1S/C18H14ClN3O3S/c1-25-15-10-12(19)4-7-14(15)17(24)21-13-5-2-11(3-6-13)16(23)22-18-20-8-9-26-18/h2-10H,1H3,(H,21,24)(H,20,22,23). The lowest BCUT2D eigenvalue weighted by atomic mass is 10.1. The fraction of sp³-hybridized carbons (Fsp3) is 0.0556. The average Bonchev–Trinajstić information content (AvgIpc) is 3.15. The zero-order chi connectivity index (χ0) is 18.5. The number of nitrogens with zero attached hydrogens (tertiary/aromatic N) is 1. The van der Waals surface area contributed by atoms with Gasteiger partial charge in [0.15, 0.2) is 5.13 Å². The van der Waals surface area contributed by atoms with Crippen LogP contribution in [0.15, 0.2) is 54.0 Å². The maximum Gasteiger partial charge on any atom is 0.259 e. The van der Waals surface area contributed by atoms with Crippen molar-refractivity contribution < 1.29 is 14.3 Å². The van der Waals surface area contributed by atoms with Gasteiger partial charge in [0, 0.05) is 27.9 Å². The number of ether oxygens (including phenoxy) is 1. The van der Waals surface area contributed by atoms with Gasteiger partial charge in [0.25, 0.3) is 11.8 Å². The summed E-state index contributed by atoms with van der Waals surface area (Å²) in [4.78, 5) is 28.5. The number of amides is 2. The van der Waals surface area contributed by atoms with Crippen LogP contribution in [0.5, 0.6) is 5.75 Å². The zero-order valence-electron chi connectivity index (χ0n) is 13.7. The van der Waals surface area contributed by atoms with Gasteiger partial charge >= 0.3 is 0 Å². The molecule has 132 valence electrons.